The molecule has 1 aromatic heterocycles. The zero-order valence-electron chi connectivity index (χ0n) is 8.67. The number of hydrogen-bond donors (Lipinski definition) is 1. The Morgan fingerprint density at radius 3 is 2.62 bits per heavy atom. The van der Waals surface area contributed by atoms with Crippen LogP contribution in [-0.4, -0.2) is 17.1 Å². The van der Waals surface area contributed by atoms with Gasteiger partial charge < -0.3 is 5.32 Å². The number of rotatable bonds is 3. The smallest absolute Gasteiger partial charge is 0.0416 e. The van der Waals surface area contributed by atoms with E-state index >= 15 is 0 Å². The molecule has 1 aromatic rings. The molecule has 0 radical (unpaired) electrons. The Bertz CT molecular complexity index is 236. The van der Waals surface area contributed by atoms with Gasteiger partial charge in [0.25, 0.3) is 0 Å². The Morgan fingerprint density at radius 2 is 2.08 bits per heavy atom. The van der Waals surface area contributed by atoms with Crippen LogP contribution in [-0.2, 0) is 6.42 Å². The van der Waals surface area contributed by atoms with E-state index in [1.54, 1.807) is 0 Å². The van der Waals surface area contributed by atoms with Crippen LogP contribution in [0.5, 0.6) is 0 Å². The molecule has 0 aromatic carbocycles. The summed E-state index contributed by atoms with van der Waals surface area (Å²) >= 11 is 0. The molecule has 0 aliphatic rings. The summed E-state index contributed by atoms with van der Waals surface area (Å²) in [6, 6.07) is 6.03. The fraction of sp³-hybridized carbons (Fsp3) is 0.545. The standard InChI is InChI=1S/C11H18N2/c1-11(2,3)13-9-7-10-6-4-5-8-12-10/h4-6,8,13H,7,9H2,1-3H3. The topological polar surface area (TPSA) is 24.9 Å². The van der Waals surface area contributed by atoms with Crippen molar-refractivity contribution in [2.45, 2.75) is 32.7 Å². The molecule has 0 aliphatic heterocycles. The molecule has 1 rings (SSSR count). The molecule has 0 spiro atoms. The van der Waals surface area contributed by atoms with Crippen LogP contribution < -0.4 is 5.32 Å². The molecule has 0 fully saturated rings. The highest BCUT2D eigenvalue weighted by atomic mass is 14.9. The van der Waals surface area contributed by atoms with E-state index in [-0.39, 0.29) is 5.54 Å². The third-order valence-electron chi connectivity index (χ3n) is 1.76. The molecule has 1 heterocycles. The van der Waals surface area contributed by atoms with Gasteiger partial charge in [-0.05, 0) is 32.9 Å². The molecule has 0 saturated heterocycles. The van der Waals surface area contributed by atoms with Crippen molar-refractivity contribution in [1.29, 1.82) is 0 Å². The predicted octanol–water partition coefficient (Wildman–Crippen LogP) is 2.01. The van der Waals surface area contributed by atoms with Gasteiger partial charge in [0, 0.05) is 30.4 Å². The zero-order valence-corrected chi connectivity index (χ0v) is 8.67. The molecule has 0 unspecified atom stereocenters. The van der Waals surface area contributed by atoms with E-state index in [2.05, 4.69) is 37.1 Å². The second-order valence-corrected chi connectivity index (χ2v) is 4.25. The predicted molar refractivity (Wildman–Crippen MR) is 55.7 cm³/mol. The van der Waals surface area contributed by atoms with Crippen molar-refractivity contribution in [3.63, 3.8) is 0 Å². The van der Waals surface area contributed by atoms with Gasteiger partial charge in [-0.15, -0.1) is 0 Å². The number of hydrogen-bond acceptors (Lipinski definition) is 2. The molecule has 72 valence electrons. The van der Waals surface area contributed by atoms with E-state index in [9.17, 15) is 0 Å². The van der Waals surface area contributed by atoms with Gasteiger partial charge in [-0.1, -0.05) is 6.07 Å². The zero-order chi connectivity index (χ0) is 9.73. The Balaban J connectivity index is 2.29. The number of nitrogens with zero attached hydrogens (tertiary/aromatic N) is 1. The summed E-state index contributed by atoms with van der Waals surface area (Å²) in [5.41, 5.74) is 1.36. The molecule has 0 atom stereocenters. The molecule has 0 amide bonds. The minimum absolute atomic E-state index is 0.203. The largest absolute Gasteiger partial charge is 0.312 e. The molecule has 0 bridgehead atoms. The fourth-order valence-electron chi connectivity index (χ4n) is 1.11. The molecule has 13 heavy (non-hydrogen) atoms. The maximum Gasteiger partial charge on any atom is 0.0416 e. The van der Waals surface area contributed by atoms with Gasteiger partial charge in [-0.2, -0.15) is 0 Å². The minimum atomic E-state index is 0.203. The number of aromatic nitrogens is 1. The monoisotopic (exact) mass is 178 g/mol. The summed E-state index contributed by atoms with van der Waals surface area (Å²) < 4.78 is 0. The first-order valence-corrected chi connectivity index (χ1v) is 4.73. The van der Waals surface area contributed by atoms with Crippen molar-refractivity contribution in [3.8, 4) is 0 Å². The molecular weight excluding hydrogens is 160 g/mol. The van der Waals surface area contributed by atoms with Gasteiger partial charge >= 0.3 is 0 Å². The van der Waals surface area contributed by atoms with Gasteiger partial charge in [0.2, 0.25) is 0 Å². The van der Waals surface area contributed by atoms with Gasteiger partial charge in [-0.25, -0.2) is 0 Å². The van der Waals surface area contributed by atoms with Crippen molar-refractivity contribution in [2.75, 3.05) is 6.54 Å². The van der Waals surface area contributed by atoms with Crippen LogP contribution in [0.25, 0.3) is 0 Å². The first kappa shape index (κ1) is 10.2. The van der Waals surface area contributed by atoms with Gasteiger partial charge in [0.05, 0.1) is 0 Å². The Morgan fingerprint density at radius 1 is 1.31 bits per heavy atom. The first-order chi connectivity index (χ1) is 6.08. The highest BCUT2D eigenvalue weighted by Gasteiger charge is 2.07. The lowest BCUT2D eigenvalue weighted by atomic mass is 10.1. The van der Waals surface area contributed by atoms with Crippen LogP contribution in [0.4, 0.5) is 0 Å². The van der Waals surface area contributed by atoms with Crippen molar-refractivity contribution < 1.29 is 0 Å². The summed E-state index contributed by atoms with van der Waals surface area (Å²) in [7, 11) is 0. The van der Waals surface area contributed by atoms with Crippen LogP contribution in [0.1, 0.15) is 26.5 Å². The average Bonchev–Trinajstić information content (AvgIpc) is 2.04. The number of nitrogens with one attached hydrogen (secondary N) is 1. The van der Waals surface area contributed by atoms with Gasteiger partial charge in [-0.3, -0.25) is 4.98 Å². The van der Waals surface area contributed by atoms with Crippen molar-refractivity contribution in [1.82, 2.24) is 10.3 Å². The molecule has 2 heteroatoms. The lowest BCUT2D eigenvalue weighted by molar-refractivity contribution is 0.428. The Hall–Kier alpha value is -0.890. The summed E-state index contributed by atoms with van der Waals surface area (Å²) in [6.45, 7) is 7.50. The van der Waals surface area contributed by atoms with Crippen molar-refractivity contribution in [3.05, 3.63) is 30.1 Å². The van der Waals surface area contributed by atoms with Crippen LogP contribution in [0.2, 0.25) is 0 Å². The van der Waals surface area contributed by atoms with E-state index < -0.39 is 0 Å². The van der Waals surface area contributed by atoms with Crippen LogP contribution >= 0.6 is 0 Å². The second-order valence-electron chi connectivity index (χ2n) is 4.25. The summed E-state index contributed by atoms with van der Waals surface area (Å²) in [5, 5.41) is 3.43. The van der Waals surface area contributed by atoms with Crippen molar-refractivity contribution >= 4 is 0 Å². The lowest BCUT2D eigenvalue weighted by Crippen LogP contribution is -2.37. The van der Waals surface area contributed by atoms with E-state index in [4.69, 9.17) is 0 Å². The van der Waals surface area contributed by atoms with Crippen LogP contribution in [0, 0.1) is 0 Å². The maximum absolute atomic E-state index is 4.26. The maximum atomic E-state index is 4.26. The van der Waals surface area contributed by atoms with E-state index in [1.807, 2.05) is 18.3 Å². The molecule has 2 nitrogen and oxygen atoms in total. The average molecular weight is 178 g/mol. The summed E-state index contributed by atoms with van der Waals surface area (Å²) in [5.74, 6) is 0. The third-order valence-corrected chi connectivity index (χ3v) is 1.76. The van der Waals surface area contributed by atoms with Gasteiger partial charge in [0.1, 0.15) is 0 Å². The highest BCUT2D eigenvalue weighted by Crippen LogP contribution is 1.99. The Kier molecular flexibility index (Phi) is 3.43. The second kappa shape index (κ2) is 4.38. The molecular formula is C11H18N2. The van der Waals surface area contributed by atoms with Crippen molar-refractivity contribution in [2.24, 2.45) is 0 Å². The molecule has 1 N–H and O–H groups in total. The summed E-state index contributed by atoms with van der Waals surface area (Å²) in [6.07, 6.45) is 2.84. The van der Waals surface area contributed by atoms with E-state index in [0.29, 0.717) is 0 Å². The Labute approximate surface area is 80.4 Å². The lowest BCUT2D eigenvalue weighted by Gasteiger charge is -2.20. The molecule has 0 saturated carbocycles. The fourth-order valence-corrected chi connectivity index (χ4v) is 1.11. The normalized spacial score (nSPS) is 11.6. The van der Waals surface area contributed by atoms with Crippen LogP contribution in [0.15, 0.2) is 24.4 Å². The minimum Gasteiger partial charge on any atom is -0.312 e. The number of pyridine rings is 1. The van der Waals surface area contributed by atoms with Gasteiger partial charge in [0.15, 0.2) is 0 Å². The summed E-state index contributed by atoms with van der Waals surface area (Å²) in [4.78, 5) is 4.26. The molecule has 0 aliphatic carbocycles. The van der Waals surface area contributed by atoms with E-state index in [1.165, 1.54) is 0 Å². The quantitative estimate of drug-likeness (QED) is 0.766. The third kappa shape index (κ3) is 4.63. The first-order valence-electron chi connectivity index (χ1n) is 4.73. The SMILES string of the molecule is CC(C)(C)NCCc1ccccn1. The van der Waals surface area contributed by atoms with E-state index in [0.717, 1.165) is 18.7 Å². The van der Waals surface area contributed by atoms with Crippen LogP contribution in [0.3, 0.4) is 0 Å². The highest BCUT2D eigenvalue weighted by molar-refractivity contribution is 5.03.